The number of thiophene rings is 1. The molecule has 1 aromatic carbocycles. The third-order valence-corrected chi connectivity index (χ3v) is 8.16. The summed E-state index contributed by atoms with van der Waals surface area (Å²) in [7, 11) is -3.78. The first-order valence-electron chi connectivity index (χ1n) is 9.07. The maximum atomic E-state index is 13.1. The second kappa shape index (κ2) is 7.62. The third kappa shape index (κ3) is 3.54. The van der Waals surface area contributed by atoms with E-state index in [1.807, 2.05) is 0 Å². The predicted octanol–water partition coefficient (Wildman–Crippen LogP) is 2.78. The summed E-state index contributed by atoms with van der Waals surface area (Å²) in [6.07, 6.45) is 1.79. The molecule has 152 valence electrons. The van der Waals surface area contributed by atoms with E-state index in [1.54, 1.807) is 35.7 Å². The van der Waals surface area contributed by atoms with E-state index < -0.39 is 27.9 Å². The Morgan fingerprint density at radius 1 is 1.17 bits per heavy atom. The van der Waals surface area contributed by atoms with Crippen LogP contribution in [0.25, 0.3) is 11.0 Å². The minimum atomic E-state index is -3.78. The van der Waals surface area contributed by atoms with E-state index in [0.29, 0.717) is 23.8 Å². The zero-order valence-corrected chi connectivity index (χ0v) is 17.0. The molecule has 3 aromatic rings. The monoisotopic (exact) mass is 433 g/mol. The highest BCUT2D eigenvalue weighted by Gasteiger charge is 2.38. The maximum absolute atomic E-state index is 13.1. The molecule has 0 bridgehead atoms. The van der Waals surface area contributed by atoms with E-state index >= 15 is 0 Å². The van der Waals surface area contributed by atoms with Crippen LogP contribution in [0.3, 0.4) is 0 Å². The smallest absolute Gasteiger partial charge is 0.286 e. The van der Waals surface area contributed by atoms with Crippen LogP contribution in [0.4, 0.5) is 5.69 Å². The predicted molar refractivity (Wildman–Crippen MR) is 109 cm³/mol. The second-order valence-electron chi connectivity index (χ2n) is 6.72. The average molecular weight is 434 g/mol. The molecule has 8 nitrogen and oxygen atoms in total. The van der Waals surface area contributed by atoms with Gasteiger partial charge in [0.15, 0.2) is 0 Å². The molecule has 0 aliphatic carbocycles. The fourth-order valence-corrected chi connectivity index (χ4v) is 6.31. The number of rotatable bonds is 5. The number of para-hydroxylation sites is 1. The number of hydrogen-bond donors (Lipinski definition) is 2. The topological polar surface area (TPSA) is 123 Å². The van der Waals surface area contributed by atoms with Crippen molar-refractivity contribution in [1.29, 1.82) is 0 Å². The molecule has 2 amide bonds. The van der Waals surface area contributed by atoms with Crippen molar-refractivity contribution in [3.63, 3.8) is 0 Å². The minimum Gasteiger partial charge on any atom is -0.449 e. The molecule has 3 N–H and O–H groups in total. The molecule has 1 fully saturated rings. The summed E-state index contributed by atoms with van der Waals surface area (Å²) in [5, 5.41) is 4.90. The molecule has 1 saturated heterocycles. The van der Waals surface area contributed by atoms with Crippen molar-refractivity contribution in [2.24, 2.45) is 5.73 Å². The van der Waals surface area contributed by atoms with Gasteiger partial charge in [0.25, 0.3) is 15.9 Å². The molecular weight excluding hydrogens is 414 g/mol. The van der Waals surface area contributed by atoms with Crippen LogP contribution in [-0.4, -0.2) is 37.1 Å². The quantitative estimate of drug-likeness (QED) is 0.640. The number of carbonyl (C=O) groups is 2. The first-order valence-corrected chi connectivity index (χ1v) is 11.4. The zero-order valence-electron chi connectivity index (χ0n) is 15.3. The van der Waals surface area contributed by atoms with Crippen LogP contribution in [0, 0.1) is 0 Å². The molecule has 2 aromatic heterocycles. The van der Waals surface area contributed by atoms with Gasteiger partial charge in [0.1, 0.15) is 21.5 Å². The third-order valence-electron chi connectivity index (χ3n) is 4.88. The van der Waals surface area contributed by atoms with Gasteiger partial charge in [-0.3, -0.25) is 9.59 Å². The SMILES string of the molecule is NC(=O)c1oc2ccccc2c1NC(=O)C1CCCCN1S(=O)(=O)c1cccs1. The Labute approximate surface area is 171 Å². The van der Waals surface area contributed by atoms with Crippen molar-refractivity contribution in [2.45, 2.75) is 29.5 Å². The summed E-state index contributed by atoms with van der Waals surface area (Å²) in [5.41, 5.74) is 5.97. The molecule has 0 saturated carbocycles. The van der Waals surface area contributed by atoms with Gasteiger partial charge in [-0.1, -0.05) is 24.6 Å². The Morgan fingerprint density at radius 2 is 1.97 bits per heavy atom. The molecule has 1 aliphatic rings. The number of nitrogens with one attached hydrogen (secondary N) is 1. The highest BCUT2D eigenvalue weighted by molar-refractivity contribution is 7.91. The number of sulfonamides is 1. The second-order valence-corrected chi connectivity index (χ2v) is 9.78. The van der Waals surface area contributed by atoms with Crippen LogP contribution in [-0.2, 0) is 14.8 Å². The van der Waals surface area contributed by atoms with E-state index in [-0.39, 0.29) is 22.2 Å². The Kier molecular flexibility index (Phi) is 5.15. The van der Waals surface area contributed by atoms with E-state index in [9.17, 15) is 18.0 Å². The molecule has 0 radical (unpaired) electrons. The number of benzene rings is 1. The van der Waals surface area contributed by atoms with Crippen molar-refractivity contribution in [1.82, 2.24) is 4.31 Å². The van der Waals surface area contributed by atoms with Crippen LogP contribution in [0.5, 0.6) is 0 Å². The van der Waals surface area contributed by atoms with E-state index in [1.165, 1.54) is 10.4 Å². The lowest BCUT2D eigenvalue weighted by Crippen LogP contribution is -2.49. The van der Waals surface area contributed by atoms with Crippen LogP contribution >= 0.6 is 11.3 Å². The number of piperidine rings is 1. The Morgan fingerprint density at radius 3 is 2.69 bits per heavy atom. The molecule has 4 rings (SSSR count). The number of hydrogen-bond acceptors (Lipinski definition) is 6. The molecule has 29 heavy (non-hydrogen) atoms. The highest BCUT2D eigenvalue weighted by atomic mass is 32.2. The first-order chi connectivity index (χ1) is 13.9. The van der Waals surface area contributed by atoms with Crippen molar-refractivity contribution in [3.05, 3.63) is 47.5 Å². The normalized spacial score (nSPS) is 18.0. The fraction of sp³-hybridized carbons (Fsp3) is 0.263. The molecule has 0 spiro atoms. The van der Waals surface area contributed by atoms with E-state index in [4.69, 9.17) is 10.2 Å². The maximum Gasteiger partial charge on any atom is 0.286 e. The largest absolute Gasteiger partial charge is 0.449 e. The van der Waals surface area contributed by atoms with Gasteiger partial charge >= 0.3 is 0 Å². The van der Waals surface area contributed by atoms with Gasteiger partial charge in [0.05, 0.1) is 0 Å². The highest BCUT2D eigenvalue weighted by Crippen LogP contribution is 2.33. The van der Waals surface area contributed by atoms with Gasteiger partial charge < -0.3 is 15.5 Å². The number of amides is 2. The van der Waals surface area contributed by atoms with Crippen LogP contribution in [0.15, 0.2) is 50.4 Å². The van der Waals surface area contributed by atoms with Crippen molar-refractivity contribution >= 4 is 49.8 Å². The average Bonchev–Trinajstić information content (AvgIpc) is 3.37. The number of carbonyl (C=O) groups excluding carboxylic acids is 2. The molecular formula is C19H19N3O5S2. The summed E-state index contributed by atoms with van der Waals surface area (Å²) >= 11 is 1.11. The lowest BCUT2D eigenvalue weighted by Gasteiger charge is -2.33. The fourth-order valence-electron chi connectivity index (χ4n) is 3.53. The first kappa shape index (κ1) is 19.6. The summed E-state index contributed by atoms with van der Waals surface area (Å²) in [5.74, 6) is -1.50. The van der Waals surface area contributed by atoms with Gasteiger partial charge in [0.2, 0.25) is 11.7 Å². The van der Waals surface area contributed by atoms with Gasteiger partial charge in [-0.05, 0) is 36.4 Å². The Balaban J connectivity index is 1.68. The van der Waals surface area contributed by atoms with E-state index in [2.05, 4.69) is 5.32 Å². The standard InChI is InChI=1S/C19H19N3O5S2/c20-18(23)17-16(12-6-1-2-8-14(12)27-17)21-19(24)13-7-3-4-10-22(13)29(25,26)15-9-5-11-28-15/h1-2,5-6,8-9,11,13H,3-4,7,10H2,(H2,20,23)(H,21,24). The molecule has 1 atom stereocenters. The minimum absolute atomic E-state index is 0.164. The van der Waals surface area contributed by atoms with Gasteiger partial charge in [-0.15, -0.1) is 11.3 Å². The van der Waals surface area contributed by atoms with Gasteiger partial charge in [-0.25, -0.2) is 8.42 Å². The lowest BCUT2D eigenvalue weighted by molar-refractivity contribution is -0.120. The van der Waals surface area contributed by atoms with Crippen LogP contribution in [0.2, 0.25) is 0 Å². The van der Waals surface area contributed by atoms with Crippen molar-refractivity contribution < 1.29 is 22.4 Å². The van der Waals surface area contributed by atoms with Crippen molar-refractivity contribution in [3.8, 4) is 0 Å². The summed E-state index contributed by atoms with van der Waals surface area (Å²) < 4.78 is 33.0. The summed E-state index contributed by atoms with van der Waals surface area (Å²) in [4.78, 5) is 24.9. The Bertz CT molecular complexity index is 1170. The zero-order chi connectivity index (χ0) is 20.6. The molecule has 1 unspecified atom stereocenters. The number of fused-ring (bicyclic) bond motifs is 1. The summed E-state index contributed by atoms with van der Waals surface area (Å²) in [6.45, 7) is 0.257. The molecule has 1 aliphatic heterocycles. The van der Waals surface area contributed by atoms with Crippen LogP contribution < -0.4 is 11.1 Å². The van der Waals surface area contributed by atoms with Crippen molar-refractivity contribution in [2.75, 3.05) is 11.9 Å². The molecule has 3 heterocycles. The number of anilines is 1. The summed E-state index contributed by atoms with van der Waals surface area (Å²) in [6, 6.07) is 9.13. The van der Waals surface area contributed by atoms with Gasteiger partial charge in [-0.2, -0.15) is 4.31 Å². The number of furan rings is 1. The van der Waals surface area contributed by atoms with Gasteiger partial charge in [0, 0.05) is 11.9 Å². The van der Waals surface area contributed by atoms with Crippen LogP contribution in [0.1, 0.15) is 29.8 Å². The Hall–Kier alpha value is -2.69. The number of nitrogens with two attached hydrogens (primary N) is 1. The lowest BCUT2D eigenvalue weighted by atomic mass is 10.0. The van der Waals surface area contributed by atoms with E-state index in [0.717, 1.165) is 17.8 Å². The number of primary amides is 1. The molecule has 10 heteroatoms. The number of nitrogens with zero attached hydrogens (tertiary/aromatic N) is 1.